The van der Waals surface area contributed by atoms with Gasteiger partial charge in [-0.2, -0.15) is 15.8 Å². The van der Waals surface area contributed by atoms with Crippen LogP contribution in [0.3, 0.4) is 0 Å². The molecule has 0 fully saturated rings. The molecule has 0 spiro atoms. The molecule has 2 N–H and O–H groups in total. The largest absolute Gasteiger partial charge is 0.457 e. The van der Waals surface area contributed by atoms with Gasteiger partial charge < -0.3 is 10.2 Å². The van der Waals surface area contributed by atoms with Gasteiger partial charge in [0.05, 0.1) is 16.3 Å². The van der Waals surface area contributed by atoms with Crippen molar-refractivity contribution in [1.29, 1.82) is 15.8 Å². The van der Waals surface area contributed by atoms with E-state index in [1.807, 2.05) is 6.07 Å². The molecule has 0 unspecified atom stereocenters. The highest BCUT2D eigenvalue weighted by molar-refractivity contribution is 6.36. The molecule has 0 atom stereocenters. The molecule has 0 amide bonds. The zero-order chi connectivity index (χ0) is 17.7. The second-order valence-electron chi connectivity index (χ2n) is 4.51. The van der Waals surface area contributed by atoms with E-state index in [4.69, 9.17) is 49.1 Å². The number of halogens is 2. The van der Waals surface area contributed by atoms with Crippen molar-refractivity contribution < 1.29 is 4.42 Å². The number of nitrogens with two attached hydrogens (primary N) is 1. The predicted molar refractivity (Wildman–Crippen MR) is 90.2 cm³/mol. The van der Waals surface area contributed by atoms with Crippen LogP contribution in [0.4, 0.5) is 0 Å². The maximum atomic E-state index is 9.17. The van der Waals surface area contributed by atoms with Crippen LogP contribution < -0.4 is 5.73 Å². The number of rotatable bonds is 3. The van der Waals surface area contributed by atoms with Crippen molar-refractivity contribution in [3.8, 4) is 29.5 Å². The number of nitriles is 3. The van der Waals surface area contributed by atoms with E-state index in [-0.39, 0.29) is 16.8 Å². The number of hydrogen-bond acceptors (Lipinski definition) is 5. The Labute approximate surface area is 148 Å². The lowest BCUT2D eigenvalue weighted by molar-refractivity contribution is 0.571. The van der Waals surface area contributed by atoms with Crippen molar-refractivity contribution in [1.82, 2.24) is 0 Å². The van der Waals surface area contributed by atoms with Crippen LogP contribution in [0.2, 0.25) is 10.0 Å². The van der Waals surface area contributed by atoms with Gasteiger partial charge in [0.25, 0.3) is 0 Å². The van der Waals surface area contributed by atoms with E-state index in [1.54, 1.807) is 42.5 Å². The maximum absolute atomic E-state index is 9.17. The van der Waals surface area contributed by atoms with Crippen LogP contribution in [0.15, 0.2) is 51.6 Å². The van der Waals surface area contributed by atoms with Gasteiger partial charge in [-0.15, -0.1) is 0 Å². The quantitative estimate of drug-likeness (QED) is 0.647. The molecule has 0 aliphatic carbocycles. The first-order valence-electron chi connectivity index (χ1n) is 6.47. The van der Waals surface area contributed by atoms with Crippen molar-refractivity contribution in [2.24, 2.45) is 5.73 Å². The van der Waals surface area contributed by atoms with Gasteiger partial charge in [0.15, 0.2) is 5.57 Å². The van der Waals surface area contributed by atoms with Gasteiger partial charge in [0, 0.05) is 16.7 Å². The van der Waals surface area contributed by atoms with Crippen molar-refractivity contribution in [2.45, 2.75) is 0 Å². The molecule has 1 aromatic carbocycles. The van der Waals surface area contributed by atoms with E-state index >= 15 is 0 Å². The SMILES string of the molecule is N#CC(=Cc1ccc(-c2ccc(Cl)cc2Cl)o1)C(N)=C(C#N)C#N. The standard InChI is InChI=1S/C17H8Cl2N4O/c18-12-1-3-14(15(19)6-12)16-4-2-13(24-16)5-10(7-20)17(23)11(8-21)9-22/h1-6H,23H2. The minimum absolute atomic E-state index is 0.0452. The number of nitrogens with zero attached hydrogens (tertiary/aromatic N) is 3. The van der Waals surface area contributed by atoms with Gasteiger partial charge in [-0.3, -0.25) is 0 Å². The molecule has 2 rings (SSSR count). The van der Waals surface area contributed by atoms with Gasteiger partial charge in [0.2, 0.25) is 0 Å². The van der Waals surface area contributed by atoms with Crippen LogP contribution >= 0.6 is 23.2 Å². The molecule has 5 nitrogen and oxygen atoms in total. The highest BCUT2D eigenvalue weighted by Gasteiger charge is 2.11. The molecule has 0 saturated heterocycles. The number of benzene rings is 1. The number of allylic oxidation sites excluding steroid dienone is 2. The highest BCUT2D eigenvalue weighted by Crippen LogP contribution is 2.32. The molecule has 0 aliphatic heterocycles. The zero-order valence-electron chi connectivity index (χ0n) is 12.0. The molecule has 0 radical (unpaired) electrons. The fraction of sp³-hybridized carbons (Fsp3) is 0. The molecule has 0 bridgehead atoms. The molecule has 24 heavy (non-hydrogen) atoms. The second-order valence-corrected chi connectivity index (χ2v) is 5.35. The lowest BCUT2D eigenvalue weighted by Crippen LogP contribution is -2.03. The molecule has 1 aromatic heterocycles. The maximum Gasteiger partial charge on any atom is 0.153 e. The van der Waals surface area contributed by atoms with Crippen LogP contribution in [-0.4, -0.2) is 0 Å². The fourth-order valence-corrected chi connectivity index (χ4v) is 2.36. The first-order chi connectivity index (χ1) is 11.5. The van der Waals surface area contributed by atoms with Crippen LogP contribution in [0, 0.1) is 34.0 Å². The Kier molecular flexibility index (Phi) is 5.30. The Balaban J connectivity index is 2.44. The summed E-state index contributed by atoms with van der Waals surface area (Å²) in [5.74, 6) is 0.800. The lowest BCUT2D eigenvalue weighted by atomic mass is 10.1. The van der Waals surface area contributed by atoms with E-state index < -0.39 is 0 Å². The van der Waals surface area contributed by atoms with Crippen molar-refractivity contribution in [2.75, 3.05) is 0 Å². The molecular formula is C17H8Cl2N4O. The third kappa shape index (κ3) is 3.59. The topological polar surface area (TPSA) is 111 Å². The van der Waals surface area contributed by atoms with Gasteiger partial charge in [0.1, 0.15) is 29.7 Å². The Morgan fingerprint density at radius 2 is 1.75 bits per heavy atom. The average Bonchev–Trinajstić information content (AvgIpc) is 3.01. The third-order valence-corrected chi connectivity index (χ3v) is 3.56. The van der Waals surface area contributed by atoms with Crippen LogP contribution in [-0.2, 0) is 0 Å². The van der Waals surface area contributed by atoms with E-state index in [1.165, 1.54) is 6.08 Å². The summed E-state index contributed by atoms with van der Waals surface area (Å²) in [6.07, 6.45) is 1.34. The summed E-state index contributed by atoms with van der Waals surface area (Å²) in [6.45, 7) is 0. The molecule has 1 heterocycles. The molecule has 0 aliphatic rings. The molecular weight excluding hydrogens is 347 g/mol. The Hall–Kier alpha value is -3.17. The normalized spacial score (nSPS) is 10.4. The van der Waals surface area contributed by atoms with E-state index in [9.17, 15) is 0 Å². The van der Waals surface area contributed by atoms with Crippen molar-refractivity contribution in [3.63, 3.8) is 0 Å². The third-order valence-electron chi connectivity index (χ3n) is 3.01. The molecule has 2 aromatic rings. The van der Waals surface area contributed by atoms with Crippen molar-refractivity contribution in [3.05, 3.63) is 63.0 Å². The second kappa shape index (κ2) is 7.40. The van der Waals surface area contributed by atoms with Crippen LogP contribution in [0.1, 0.15) is 5.76 Å². The minimum atomic E-state index is -0.338. The van der Waals surface area contributed by atoms with E-state index in [2.05, 4.69) is 0 Å². The molecule has 7 heteroatoms. The van der Waals surface area contributed by atoms with Crippen molar-refractivity contribution >= 4 is 29.3 Å². The van der Waals surface area contributed by atoms with E-state index in [0.29, 0.717) is 27.1 Å². The molecule has 0 saturated carbocycles. The number of furan rings is 1. The summed E-state index contributed by atoms with van der Waals surface area (Å²) >= 11 is 12.0. The number of hydrogen-bond donors (Lipinski definition) is 1. The highest BCUT2D eigenvalue weighted by atomic mass is 35.5. The zero-order valence-corrected chi connectivity index (χ0v) is 13.6. The lowest BCUT2D eigenvalue weighted by Gasteiger charge is -2.01. The van der Waals surface area contributed by atoms with Gasteiger partial charge >= 0.3 is 0 Å². The first kappa shape index (κ1) is 17.2. The summed E-state index contributed by atoms with van der Waals surface area (Å²) < 4.78 is 5.62. The van der Waals surface area contributed by atoms with Crippen LogP contribution in [0.25, 0.3) is 17.4 Å². The van der Waals surface area contributed by atoms with Gasteiger partial charge in [-0.25, -0.2) is 0 Å². The minimum Gasteiger partial charge on any atom is -0.457 e. The fourth-order valence-electron chi connectivity index (χ4n) is 1.86. The Morgan fingerprint density at radius 3 is 2.33 bits per heavy atom. The molecule has 116 valence electrons. The summed E-state index contributed by atoms with van der Waals surface area (Å²) in [5, 5.41) is 27.7. The summed E-state index contributed by atoms with van der Waals surface area (Å²) in [4.78, 5) is 0. The average molecular weight is 355 g/mol. The van der Waals surface area contributed by atoms with E-state index in [0.717, 1.165) is 0 Å². The Morgan fingerprint density at radius 1 is 1.04 bits per heavy atom. The predicted octanol–water partition coefficient (Wildman–Crippen LogP) is 4.42. The van der Waals surface area contributed by atoms with Gasteiger partial charge in [-0.05, 0) is 30.3 Å². The smallest absolute Gasteiger partial charge is 0.153 e. The Bertz CT molecular complexity index is 965. The summed E-state index contributed by atoms with van der Waals surface area (Å²) in [5.41, 5.74) is 5.72. The summed E-state index contributed by atoms with van der Waals surface area (Å²) in [7, 11) is 0. The van der Waals surface area contributed by atoms with Crippen LogP contribution in [0.5, 0.6) is 0 Å². The first-order valence-corrected chi connectivity index (χ1v) is 7.23. The van der Waals surface area contributed by atoms with Gasteiger partial charge in [-0.1, -0.05) is 23.2 Å². The monoisotopic (exact) mass is 354 g/mol. The summed E-state index contributed by atoms with van der Waals surface area (Å²) in [6, 6.07) is 13.4.